The minimum atomic E-state index is -0.272. The summed E-state index contributed by atoms with van der Waals surface area (Å²) in [6.07, 6.45) is 5.39. The summed E-state index contributed by atoms with van der Waals surface area (Å²) in [4.78, 5) is 20.8. The van der Waals surface area contributed by atoms with Gasteiger partial charge in [0.2, 0.25) is 0 Å². The minimum absolute atomic E-state index is 0.272. The van der Waals surface area contributed by atoms with Gasteiger partial charge in [-0.3, -0.25) is 4.79 Å². The number of carbonyl (C=O) groups excluding carboxylic acids is 1. The van der Waals surface area contributed by atoms with E-state index < -0.39 is 0 Å². The van der Waals surface area contributed by atoms with Crippen LogP contribution >= 0.6 is 0 Å². The van der Waals surface area contributed by atoms with Gasteiger partial charge < -0.3 is 14.8 Å². The first-order valence-electron chi connectivity index (χ1n) is 7.06. The molecule has 0 radical (unpaired) electrons. The monoisotopic (exact) mass is 299 g/mol. The fourth-order valence-electron chi connectivity index (χ4n) is 2.10. The third kappa shape index (κ3) is 3.00. The van der Waals surface area contributed by atoms with Gasteiger partial charge in [-0.1, -0.05) is 0 Å². The normalized spacial score (nSPS) is 13.5. The lowest BCUT2D eigenvalue weighted by molar-refractivity contribution is 0.102. The Bertz CT molecular complexity index is 682. The highest BCUT2D eigenvalue weighted by molar-refractivity contribution is 6.04. The van der Waals surface area contributed by atoms with Crippen LogP contribution in [-0.2, 0) is 0 Å². The zero-order valence-electron chi connectivity index (χ0n) is 12.5. The molecular formula is C16H17N3O3. The fraction of sp³-hybridized carbons (Fsp3) is 0.312. The van der Waals surface area contributed by atoms with Crippen LogP contribution in [0.4, 0.5) is 5.69 Å². The molecule has 1 N–H and O–H groups in total. The number of nitrogens with one attached hydrogen (secondary N) is 1. The minimum Gasteiger partial charge on any atom is -0.497 e. The van der Waals surface area contributed by atoms with Crippen LogP contribution in [0.15, 0.2) is 30.6 Å². The van der Waals surface area contributed by atoms with E-state index >= 15 is 0 Å². The van der Waals surface area contributed by atoms with Gasteiger partial charge in [0, 0.05) is 24.4 Å². The molecule has 0 saturated heterocycles. The molecule has 0 unspecified atom stereocenters. The molecule has 22 heavy (non-hydrogen) atoms. The van der Waals surface area contributed by atoms with Crippen molar-refractivity contribution in [1.29, 1.82) is 0 Å². The van der Waals surface area contributed by atoms with Crippen molar-refractivity contribution in [1.82, 2.24) is 9.97 Å². The maximum absolute atomic E-state index is 12.3. The van der Waals surface area contributed by atoms with Gasteiger partial charge in [-0.25, -0.2) is 9.97 Å². The molecule has 1 saturated carbocycles. The molecule has 0 atom stereocenters. The summed E-state index contributed by atoms with van der Waals surface area (Å²) in [5.74, 6) is 2.21. The van der Waals surface area contributed by atoms with Crippen molar-refractivity contribution in [3.63, 3.8) is 0 Å². The molecule has 1 fully saturated rings. The number of benzene rings is 1. The summed E-state index contributed by atoms with van der Waals surface area (Å²) < 4.78 is 10.4. The molecule has 1 aromatic carbocycles. The van der Waals surface area contributed by atoms with E-state index in [2.05, 4.69) is 15.3 Å². The lowest BCUT2D eigenvalue weighted by Crippen LogP contribution is -2.13. The van der Waals surface area contributed by atoms with Crippen molar-refractivity contribution in [3.05, 3.63) is 42.0 Å². The number of hydrogen-bond donors (Lipinski definition) is 1. The van der Waals surface area contributed by atoms with E-state index in [4.69, 9.17) is 9.47 Å². The molecule has 1 amide bonds. The van der Waals surface area contributed by atoms with Gasteiger partial charge in [-0.2, -0.15) is 0 Å². The zero-order valence-corrected chi connectivity index (χ0v) is 12.5. The summed E-state index contributed by atoms with van der Waals surface area (Å²) in [7, 11) is 3.11. The Kier molecular flexibility index (Phi) is 3.91. The van der Waals surface area contributed by atoms with Crippen molar-refractivity contribution < 1.29 is 14.3 Å². The van der Waals surface area contributed by atoms with Gasteiger partial charge in [0.1, 0.15) is 17.3 Å². The second-order valence-electron chi connectivity index (χ2n) is 5.12. The third-order valence-electron chi connectivity index (χ3n) is 3.53. The number of carbonyl (C=O) groups is 1. The van der Waals surface area contributed by atoms with E-state index in [0.717, 1.165) is 18.7 Å². The average Bonchev–Trinajstić information content (AvgIpc) is 3.40. The van der Waals surface area contributed by atoms with Crippen molar-refractivity contribution in [2.45, 2.75) is 18.8 Å². The molecule has 1 aromatic heterocycles. The van der Waals surface area contributed by atoms with Crippen LogP contribution in [0.5, 0.6) is 11.5 Å². The summed E-state index contributed by atoms with van der Waals surface area (Å²) in [6.45, 7) is 0. The Balaban J connectivity index is 1.75. The molecule has 1 heterocycles. The third-order valence-corrected chi connectivity index (χ3v) is 3.53. The molecule has 1 aliphatic rings. The Labute approximate surface area is 128 Å². The second kappa shape index (κ2) is 6.01. The molecule has 114 valence electrons. The first-order valence-corrected chi connectivity index (χ1v) is 7.06. The standard InChI is InChI=1S/C16H17N3O3/c1-21-12-5-6-13(14(7-12)22-2)19-16(20)11-8-17-15(18-9-11)10-3-4-10/h5-10H,3-4H2,1-2H3,(H,19,20). The largest absolute Gasteiger partial charge is 0.497 e. The molecule has 0 spiro atoms. The highest BCUT2D eigenvalue weighted by Gasteiger charge is 2.26. The number of hydrogen-bond acceptors (Lipinski definition) is 5. The maximum Gasteiger partial charge on any atom is 0.258 e. The average molecular weight is 299 g/mol. The first-order chi connectivity index (χ1) is 10.7. The van der Waals surface area contributed by atoms with Gasteiger partial charge in [0.05, 0.1) is 25.5 Å². The van der Waals surface area contributed by atoms with E-state index in [0.29, 0.717) is 28.7 Å². The van der Waals surface area contributed by atoms with Crippen LogP contribution in [0.1, 0.15) is 34.9 Å². The Morgan fingerprint density at radius 3 is 2.50 bits per heavy atom. The fourth-order valence-corrected chi connectivity index (χ4v) is 2.10. The summed E-state index contributed by atoms with van der Waals surface area (Å²) >= 11 is 0. The highest BCUT2D eigenvalue weighted by atomic mass is 16.5. The maximum atomic E-state index is 12.3. The molecule has 6 heteroatoms. The van der Waals surface area contributed by atoms with Crippen molar-refractivity contribution in [3.8, 4) is 11.5 Å². The van der Waals surface area contributed by atoms with E-state index in [-0.39, 0.29) is 5.91 Å². The van der Waals surface area contributed by atoms with Gasteiger partial charge >= 0.3 is 0 Å². The van der Waals surface area contributed by atoms with E-state index in [1.54, 1.807) is 37.7 Å². The van der Waals surface area contributed by atoms with Crippen LogP contribution in [0.3, 0.4) is 0 Å². The second-order valence-corrected chi connectivity index (χ2v) is 5.12. The summed E-state index contributed by atoms with van der Waals surface area (Å²) in [6, 6.07) is 5.20. The molecule has 0 aliphatic heterocycles. The smallest absolute Gasteiger partial charge is 0.258 e. The summed E-state index contributed by atoms with van der Waals surface area (Å²) in [5.41, 5.74) is 0.988. The van der Waals surface area contributed by atoms with Gasteiger partial charge in [-0.05, 0) is 25.0 Å². The zero-order chi connectivity index (χ0) is 15.5. The number of amides is 1. The predicted molar refractivity (Wildman–Crippen MR) is 81.5 cm³/mol. The molecule has 3 rings (SSSR count). The Morgan fingerprint density at radius 1 is 1.18 bits per heavy atom. The SMILES string of the molecule is COc1ccc(NC(=O)c2cnc(C3CC3)nc2)c(OC)c1. The van der Waals surface area contributed by atoms with E-state index in [9.17, 15) is 4.79 Å². The molecule has 0 bridgehead atoms. The quantitative estimate of drug-likeness (QED) is 0.918. The first kappa shape index (κ1) is 14.3. The highest BCUT2D eigenvalue weighted by Crippen LogP contribution is 2.37. The predicted octanol–water partition coefficient (Wildman–Crippen LogP) is 2.62. The van der Waals surface area contributed by atoms with Crippen LogP contribution in [-0.4, -0.2) is 30.1 Å². The van der Waals surface area contributed by atoms with Crippen LogP contribution < -0.4 is 14.8 Å². The van der Waals surface area contributed by atoms with Crippen LogP contribution in [0.25, 0.3) is 0 Å². The van der Waals surface area contributed by atoms with Gasteiger partial charge in [0.15, 0.2) is 0 Å². The Hall–Kier alpha value is -2.63. The number of rotatable bonds is 5. The van der Waals surface area contributed by atoms with Crippen molar-refractivity contribution in [2.75, 3.05) is 19.5 Å². The number of aromatic nitrogens is 2. The Morgan fingerprint density at radius 2 is 1.91 bits per heavy atom. The number of anilines is 1. The number of nitrogens with zero attached hydrogens (tertiary/aromatic N) is 2. The van der Waals surface area contributed by atoms with Gasteiger partial charge in [-0.15, -0.1) is 0 Å². The van der Waals surface area contributed by atoms with E-state index in [1.165, 1.54) is 7.11 Å². The molecule has 6 nitrogen and oxygen atoms in total. The van der Waals surface area contributed by atoms with E-state index in [1.807, 2.05) is 0 Å². The lowest BCUT2D eigenvalue weighted by atomic mass is 10.2. The molecular weight excluding hydrogens is 282 g/mol. The molecule has 1 aliphatic carbocycles. The summed E-state index contributed by atoms with van der Waals surface area (Å²) in [5, 5.41) is 2.79. The molecule has 2 aromatic rings. The van der Waals surface area contributed by atoms with Crippen molar-refractivity contribution >= 4 is 11.6 Å². The number of methoxy groups -OCH3 is 2. The number of ether oxygens (including phenoxy) is 2. The topological polar surface area (TPSA) is 73.3 Å². The van der Waals surface area contributed by atoms with Gasteiger partial charge in [0.25, 0.3) is 5.91 Å². The van der Waals surface area contributed by atoms with Crippen LogP contribution in [0.2, 0.25) is 0 Å². The van der Waals surface area contributed by atoms with Crippen molar-refractivity contribution in [2.24, 2.45) is 0 Å². The van der Waals surface area contributed by atoms with Crippen LogP contribution in [0, 0.1) is 0 Å². The lowest BCUT2D eigenvalue weighted by Gasteiger charge is -2.11.